The van der Waals surface area contributed by atoms with Gasteiger partial charge in [-0.15, -0.1) is 5.10 Å². The first kappa shape index (κ1) is 28.0. The molecule has 0 aliphatic heterocycles. The summed E-state index contributed by atoms with van der Waals surface area (Å²) in [6.07, 6.45) is 7.91. The van der Waals surface area contributed by atoms with Crippen LogP contribution in [0.25, 0.3) is 5.57 Å². The van der Waals surface area contributed by atoms with E-state index in [1.807, 2.05) is 27.7 Å². The van der Waals surface area contributed by atoms with Gasteiger partial charge < -0.3 is 4.74 Å². The number of aromatic nitrogens is 3. The van der Waals surface area contributed by atoms with Crippen molar-refractivity contribution in [3.63, 3.8) is 0 Å². The number of Topliss-reactive ketones (excluding diaryl/α,β-unsaturated/α-hetero) is 1. The predicted molar refractivity (Wildman–Crippen MR) is 143 cm³/mol. The molecule has 1 aliphatic rings. The summed E-state index contributed by atoms with van der Waals surface area (Å²) in [4.78, 5) is 17.6. The Bertz CT molecular complexity index is 1190. The number of carbonyl (C=O) groups excluding carboxylic acids is 1. The topological polar surface area (TPSA) is 65.0 Å². The van der Waals surface area contributed by atoms with Crippen molar-refractivity contribution in [2.24, 2.45) is 5.92 Å². The highest BCUT2D eigenvalue weighted by atomic mass is 35.5. The van der Waals surface area contributed by atoms with Gasteiger partial charge in [-0.2, -0.15) is 5.10 Å². The predicted octanol–water partition coefficient (Wildman–Crippen LogP) is 8.25. The van der Waals surface area contributed by atoms with Crippen molar-refractivity contribution in [3.05, 3.63) is 56.8 Å². The van der Waals surface area contributed by atoms with Crippen molar-refractivity contribution in [1.29, 1.82) is 0 Å². The summed E-state index contributed by atoms with van der Waals surface area (Å²) >= 11 is 6.07. The van der Waals surface area contributed by atoms with Crippen molar-refractivity contribution < 1.29 is 13.9 Å². The van der Waals surface area contributed by atoms with Gasteiger partial charge in [-0.1, -0.05) is 64.6 Å². The van der Waals surface area contributed by atoms with E-state index in [0.717, 1.165) is 53.5 Å². The third-order valence-corrected chi connectivity index (χ3v) is 6.81. The molecule has 3 rings (SSSR count). The Kier molecular flexibility index (Phi) is 9.77. The van der Waals surface area contributed by atoms with Crippen LogP contribution in [0.4, 0.5) is 4.39 Å². The molecule has 0 saturated carbocycles. The van der Waals surface area contributed by atoms with Gasteiger partial charge in [0.05, 0.1) is 0 Å². The maximum absolute atomic E-state index is 16.1. The number of ketones is 1. The van der Waals surface area contributed by atoms with Gasteiger partial charge in [-0.05, 0) is 62.2 Å². The fourth-order valence-electron chi connectivity index (χ4n) is 4.81. The van der Waals surface area contributed by atoms with Crippen LogP contribution < -0.4 is 4.74 Å². The van der Waals surface area contributed by atoms with Gasteiger partial charge in [0.25, 0.3) is 5.88 Å². The first-order valence-corrected chi connectivity index (χ1v) is 13.4. The smallest absolute Gasteiger partial charge is 0.256 e. The summed E-state index contributed by atoms with van der Waals surface area (Å²) in [7, 11) is 0. The highest BCUT2D eigenvalue weighted by Gasteiger charge is 2.30. The van der Waals surface area contributed by atoms with E-state index in [0.29, 0.717) is 42.7 Å². The number of hydrogen-bond donors (Lipinski definition) is 0. The Morgan fingerprint density at radius 2 is 1.92 bits per heavy atom. The summed E-state index contributed by atoms with van der Waals surface area (Å²) in [6, 6.07) is 1.55. The molecule has 0 spiro atoms. The summed E-state index contributed by atoms with van der Waals surface area (Å²) in [6.45, 7) is 12.1. The lowest BCUT2D eigenvalue weighted by Crippen LogP contribution is -2.19. The Morgan fingerprint density at radius 1 is 1.17 bits per heavy atom. The monoisotopic (exact) mass is 513 g/mol. The lowest BCUT2D eigenvalue weighted by Gasteiger charge is -2.27. The van der Waals surface area contributed by atoms with Gasteiger partial charge in [0.15, 0.2) is 22.5 Å². The molecule has 0 fully saturated rings. The highest BCUT2D eigenvalue weighted by Crippen LogP contribution is 2.42. The molecule has 5 nitrogen and oxygen atoms in total. The minimum atomic E-state index is -0.514. The second-order valence-corrected chi connectivity index (χ2v) is 10.1. The summed E-state index contributed by atoms with van der Waals surface area (Å²) in [5.74, 6) is -0.281. The molecule has 0 unspecified atom stereocenters. The minimum Gasteiger partial charge on any atom is -0.434 e. The van der Waals surface area contributed by atoms with E-state index in [1.54, 1.807) is 12.3 Å². The zero-order valence-electron chi connectivity index (χ0n) is 22.3. The molecule has 7 heteroatoms. The number of aryl methyl sites for hydroxylation is 2. The van der Waals surface area contributed by atoms with Crippen LogP contribution in [0.2, 0.25) is 5.15 Å². The van der Waals surface area contributed by atoms with Gasteiger partial charge in [0, 0.05) is 29.3 Å². The molecule has 2 aromatic rings. The molecule has 1 aliphatic carbocycles. The number of pyridine rings is 1. The SMILES string of the molecule is CCCCc1nnc(Cl)cc1Oc1ncc2c(c1F)C(CC)=C(/C(C(=O)C(C)C)=C(\C)CCC)CC2. The molecule has 0 N–H and O–H groups in total. The van der Waals surface area contributed by atoms with Gasteiger partial charge in [-0.25, -0.2) is 9.37 Å². The second kappa shape index (κ2) is 12.6. The van der Waals surface area contributed by atoms with Gasteiger partial charge in [0.2, 0.25) is 0 Å². The maximum Gasteiger partial charge on any atom is 0.256 e. The zero-order valence-corrected chi connectivity index (χ0v) is 23.1. The average molecular weight is 514 g/mol. The van der Waals surface area contributed by atoms with E-state index in [2.05, 4.69) is 29.0 Å². The van der Waals surface area contributed by atoms with Crippen LogP contribution in [0, 0.1) is 11.7 Å². The lowest BCUT2D eigenvalue weighted by atomic mass is 9.78. The molecule has 0 bridgehead atoms. The standard InChI is InChI=1S/C29H37ClFN3O2/c1-7-10-12-22-23(15-24(30)34-33-22)36-29-27(31)26-19(16-32-29)13-14-21(20(26)9-3)25(18(6)11-8-2)28(35)17(4)5/h15-17H,7-14H2,1-6H3/b25-18-. The number of halogens is 2. The summed E-state index contributed by atoms with van der Waals surface area (Å²) < 4.78 is 22.1. The number of ether oxygens (including phenoxy) is 1. The quantitative estimate of drug-likeness (QED) is 0.283. The van der Waals surface area contributed by atoms with Crippen LogP contribution in [-0.4, -0.2) is 21.0 Å². The Balaban J connectivity index is 2.15. The number of nitrogens with zero attached hydrogens (tertiary/aromatic N) is 3. The molecule has 0 aromatic carbocycles. The molecule has 0 radical (unpaired) electrons. The molecular formula is C29H37ClFN3O2. The van der Waals surface area contributed by atoms with Crippen LogP contribution in [0.5, 0.6) is 11.6 Å². The fourth-order valence-corrected chi connectivity index (χ4v) is 4.95. The molecule has 0 saturated heterocycles. The van der Waals surface area contributed by atoms with Crippen molar-refractivity contribution >= 4 is 23.0 Å². The number of fused-ring (bicyclic) bond motifs is 1. The number of hydrogen-bond acceptors (Lipinski definition) is 5. The number of allylic oxidation sites excluding steroid dienone is 4. The van der Waals surface area contributed by atoms with Crippen molar-refractivity contribution in [3.8, 4) is 11.6 Å². The lowest BCUT2D eigenvalue weighted by molar-refractivity contribution is -0.118. The molecular weight excluding hydrogens is 477 g/mol. The van der Waals surface area contributed by atoms with Crippen LogP contribution in [0.3, 0.4) is 0 Å². The summed E-state index contributed by atoms with van der Waals surface area (Å²) in [5.41, 5.74) is 5.63. The highest BCUT2D eigenvalue weighted by molar-refractivity contribution is 6.29. The van der Waals surface area contributed by atoms with Crippen molar-refractivity contribution in [2.45, 2.75) is 92.9 Å². The van der Waals surface area contributed by atoms with E-state index >= 15 is 4.39 Å². The maximum atomic E-state index is 16.1. The molecule has 2 aromatic heterocycles. The molecule has 2 heterocycles. The van der Waals surface area contributed by atoms with E-state index in [9.17, 15) is 4.79 Å². The Hall–Kier alpha value is -2.60. The van der Waals surface area contributed by atoms with Crippen LogP contribution in [0.1, 0.15) is 96.9 Å². The number of unbranched alkanes of at least 4 members (excludes halogenated alkanes) is 1. The van der Waals surface area contributed by atoms with E-state index < -0.39 is 5.82 Å². The molecule has 0 atom stereocenters. The van der Waals surface area contributed by atoms with E-state index in [-0.39, 0.29) is 22.7 Å². The average Bonchev–Trinajstić information content (AvgIpc) is 2.85. The van der Waals surface area contributed by atoms with E-state index in [4.69, 9.17) is 16.3 Å². The zero-order chi connectivity index (χ0) is 26.4. The van der Waals surface area contributed by atoms with Gasteiger partial charge in [-0.3, -0.25) is 4.79 Å². The molecule has 194 valence electrons. The largest absolute Gasteiger partial charge is 0.434 e. The first-order valence-electron chi connectivity index (χ1n) is 13.1. The fraction of sp³-hybridized carbons (Fsp3) is 0.517. The van der Waals surface area contributed by atoms with Crippen LogP contribution >= 0.6 is 11.6 Å². The second-order valence-electron chi connectivity index (χ2n) is 9.70. The van der Waals surface area contributed by atoms with Crippen molar-refractivity contribution in [1.82, 2.24) is 15.2 Å². The third-order valence-electron chi connectivity index (χ3n) is 6.63. The Labute approximate surface area is 219 Å². The van der Waals surface area contributed by atoms with Gasteiger partial charge in [0.1, 0.15) is 5.69 Å². The normalized spacial score (nSPS) is 14.1. The minimum absolute atomic E-state index is 0.117. The molecule has 0 amide bonds. The summed E-state index contributed by atoms with van der Waals surface area (Å²) in [5, 5.41) is 8.25. The van der Waals surface area contributed by atoms with Crippen LogP contribution in [0.15, 0.2) is 29.0 Å². The van der Waals surface area contributed by atoms with Gasteiger partial charge >= 0.3 is 0 Å². The van der Waals surface area contributed by atoms with Crippen LogP contribution in [-0.2, 0) is 17.6 Å². The Morgan fingerprint density at radius 3 is 2.56 bits per heavy atom. The molecule has 36 heavy (non-hydrogen) atoms. The van der Waals surface area contributed by atoms with Crippen molar-refractivity contribution in [2.75, 3.05) is 0 Å². The van der Waals surface area contributed by atoms with E-state index in [1.165, 1.54) is 0 Å². The third kappa shape index (κ3) is 6.03. The first-order chi connectivity index (χ1) is 17.2. The number of rotatable bonds is 11. The number of carbonyl (C=O) groups is 1.